The zero-order valence-electron chi connectivity index (χ0n) is 18.3. The molecule has 0 aliphatic heterocycles. The minimum Gasteiger partial charge on any atom is -0.475 e. The Morgan fingerprint density at radius 2 is 1.67 bits per heavy atom. The summed E-state index contributed by atoms with van der Waals surface area (Å²) < 4.78 is 8.21. The zero-order chi connectivity index (χ0) is 19.9. The van der Waals surface area contributed by atoms with Gasteiger partial charge in [0.15, 0.2) is 6.23 Å². The van der Waals surface area contributed by atoms with E-state index in [4.69, 9.17) is 4.74 Å². The standard InChI is InChI=1S/C22H32N4OS.2ClH/c1-5-8-14-25(15-9-6-2)21(7-3)27-19-12-10-18(11-13-19)20-16-26-22(23-20)28-17(4)24-26;;/h10-13,16,21H,5-9,14-15H2,1-4H3;2*1H. The molecule has 0 fully saturated rings. The first kappa shape index (κ1) is 26.7. The van der Waals surface area contributed by atoms with Crippen LogP contribution in [-0.2, 0) is 0 Å². The van der Waals surface area contributed by atoms with Gasteiger partial charge >= 0.3 is 0 Å². The first-order valence-electron chi connectivity index (χ1n) is 10.5. The zero-order valence-corrected chi connectivity index (χ0v) is 20.8. The van der Waals surface area contributed by atoms with Crippen molar-refractivity contribution in [3.63, 3.8) is 0 Å². The highest BCUT2D eigenvalue weighted by atomic mass is 35.5. The SMILES string of the molecule is CCCCN(CCCC)C(CC)Oc1ccc(-c2cn3nc(C)sc3n2)cc1.Cl.Cl. The van der Waals surface area contributed by atoms with E-state index in [1.807, 2.05) is 17.6 Å². The van der Waals surface area contributed by atoms with Gasteiger partial charge in [-0.3, -0.25) is 4.90 Å². The molecule has 0 saturated carbocycles. The van der Waals surface area contributed by atoms with Crippen LogP contribution in [0.1, 0.15) is 57.9 Å². The number of hydrogen-bond acceptors (Lipinski definition) is 5. The van der Waals surface area contributed by atoms with Gasteiger partial charge in [-0.2, -0.15) is 5.10 Å². The molecule has 1 unspecified atom stereocenters. The van der Waals surface area contributed by atoms with Crippen LogP contribution in [0.25, 0.3) is 16.2 Å². The average molecular weight is 474 g/mol. The summed E-state index contributed by atoms with van der Waals surface area (Å²) in [6.07, 6.45) is 7.96. The van der Waals surface area contributed by atoms with E-state index in [2.05, 4.69) is 60.0 Å². The van der Waals surface area contributed by atoms with Crippen molar-refractivity contribution >= 4 is 41.1 Å². The molecule has 0 radical (unpaired) electrons. The molecule has 168 valence electrons. The van der Waals surface area contributed by atoms with Crippen LogP contribution in [0.3, 0.4) is 0 Å². The topological polar surface area (TPSA) is 42.7 Å². The maximum Gasteiger partial charge on any atom is 0.212 e. The fourth-order valence-electron chi connectivity index (χ4n) is 3.34. The second-order valence-corrected chi connectivity index (χ2v) is 8.38. The Hall–Kier alpha value is -1.34. The van der Waals surface area contributed by atoms with Crippen molar-refractivity contribution in [2.24, 2.45) is 0 Å². The highest BCUT2D eigenvalue weighted by Gasteiger charge is 2.18. The summed E-state index contributed by atoms with van der Waals surface area (Å²) in [5.41, 5.74) is 2.04. The lowest BCUT2D eigenvalue weighted by Gasteiger charge is -2.31. The first-order chi connectivity index (χ1) is 13.6. The summed E-state index contributed by atoms with van der Waals surface area (Å²) >= 11 is 1.61. The molecule has 0 spiro atoms. The van der Waals surface area contributed by atoms with Gasteiger partial charge in [-0.15, -0.1) is 24.8 Å². The number of ether oxygens (including phenoxy) is 1. The van der Waals surface area contributed by atoms with Crippen molar-refractivity contribution < 1.29 is 4.74 Å². The maximum absolute atomic E-state index is 6.36. The molecule has 30 heavy (non-hydrogen) atoms. The average Bonchev–Trinajstić information content (AvgIpc) is 3.24. The van der Waals surface area contributed by atoms with Crippen molar-refractivity contribution in [3.8, 4) is 17.0 Å². The normalized spacial score (nSPS) is 11.9. The van der Waals surface area contributed by atoms with E-state index in [1.54, 1.807) is 11.3 Å². The largest absolute Gasteiger partial charge is 0.475 e. The van der Waals surface area contributed by atoms with E-state index >= 15 is 0 Å². The van der Waals surface area contributed by atoms with Crippen LogP contribution in [0.15, 0.2) is 30.5 Å². The lowest BCUT2D eigenvalue weighted by atomic mass is 10.1. The molecule has 0 N–H and O–H groups in total. The number of rotatable bonds is 11. The van der Waals surface area contributed by atoms with Crippen LogP contribution in [-0.4, -0.2) is 38.8 Å². The number of hydrogen-bond donors (Lipinski definition) is 0. The van der Waals surface area contributed by atoms with E-state index < -0.39 is 0 Å². The fourth-order valence-corrected chi connectivity index (χ4v) is 4.06. The minimum absolute atomic E-state index is 0. The summed E-state index contributed by atoms with van der Waals surface area (Å²) in [6.45, 7) is 10.9. The van der Waals surface area contributed by atoms with Gasteiger partial charge in [0.1, 0.15) is 10.8 Å². The third kappa shape index (κ3) is 6.84. The Labute approximate surface area is 196 Å². The molecule has 0 aliphatic carbocycles. The third-order valence-electron chi connectivity index (χ3n) is 4.92. The molecule has 0 aliphatic rings. The molecular weight excluding hydrogens is 439 g/mol. The summed E-state index contributed by atoms with van der Waals surface area (Å²) in [4.78, 5) is 8.11. The Morgan fingerprint density at radius 3 is 2.20 bits per heavy atom. The van der Waals surface area contributed by atoms with Crippen LogP contribution in [0.4, 0.5) is 0 Å². The molecule has 2 heterocycles. The Balaban J connectivity index is 0.00000225. The second kappa shape index (κ2) is 13.2. The third-order valence-corrected chi connectivity index (χ3v) is 5.76. The summed E-state index contributed by atoms with van der Waals surface area (Å²) in [6, 6.07) is 8.29. The van der Waals surface area contributed by atoms with Gasteiger partial charge in [0.25, 0.3) is 0 Å². The number of imidazole rings is 1. The molecule has 3 aromatic rings. The number of aryl methyl sites for hydroxylation is 1. The molecular formula is C22H34Cl2N4OS. The van der Waals surface area contributed by atoms with Crippen molar-refractivity contribution in [1.82, 2.24) is 19.5 Å². The number of aromatic nitrogens is 3. The minimum atomic E-state index is 0. The number of unbranched alkanes of at least 4 members (excludes halogenated alkanes) is 2. The maximum atomic E-state index is 6.36. The molecule has 8 heteroatoms. The van der Waals surface area contributed by atoms with Crippen molar-refractivity contribution in [3.05, 3.63) is 35.5 Å². The van der Waals surface area contributed by atoms with Gasteiger partial charge in [0.05, 0.1) is 11.9 Å². The molecule has 3 rings (SSSR count). The van der Waals surface area contributed by atoms with Crippen LogP contribution in [0.2, 0.25) is 0 Å². The fraction of sp³-hybridized carbons (Fsp3) is 0.545. The van der Waals surface area contributed by atoms with E-state index in [-0.39, 0.29) is 31.0 Å². The van der Waals surface area contributed by atoms with Crippen molar-refractivity contribution in [1.29, 1.82) is 0 Å². The van der Waals surface area contributed by atoms with Crippen molar-refractivity contribution in [2.45, 2.75) is 66.0 Å². The highest BCUT2D eigenvalue weighted by Crippen LogP contribution is 2.25. The Morgan fingerprint density at radius 1 is 1.03 bits per heavy atom. The van der Waals surface area contributed by atoms with Gasteiger partial charge in [-0.05, 0) is 50.5 Å². The Bertz CT molecular complexity index is 826. The van der Waals surface area contributed by atoms with Gasteiger partial charge < -0.3 is 4.74 Å². The van der Waals surface area contributed by atoms with Crippen LogP contribution in [0, 0.1) is 6.92 Å². The molecule has 5 nitrogen and oxygen atoms in total. The van der Waals surface area contributed by atoms with E-state index in [1.165, 1.54) is 25.7 Å². The van der Waals surface area contributed by atoms with Crippen molar-refractivity contribution in [2.75, 3.05) is 13.1 Å². The molecule has 1 aromatic carbocycles. The quantitative estimate of drug-likeness (QED) is 0.293. The Kier molecular flexibility index (Phi) is 11.7. The predicted molar refractivity (Wildman–Crippen MR) is 132 cm³/mol. The van der Waals surface area contributed by atoms with E-state index in [0.717, 1.165) is 46.5 Å². The van der Waals surface area contributed by atoms with E-state index in [0.29, 0.717) is 0 Å². The molecule has 0 amide bonds. The van der Waals surface area contributed by atoms with Gasteiger partial charge in [0, 0.05) is 18.7 Å². The second-order valence-electron chi connectivity index (χ2n) is 7.22. The lowest BCUT2D eigenvalue weighted by Crippen LogP contribution is -2.40. The smallest absolute Gasteiger partial charge is 0.212 e. The predicted octanol–water partition coefficient (Wildman–Crippen LogP) is 6.63. The molecule has 1 atom stereocenters. The van der Waals surface area contributed by atoms with Crippen LogP contribution in [0.5, 0.6) is 5.75 Å². The summed E-state index contributed by atoms with van der Waals surface area (Å²) in [5.74, 6) is 0.920. The first-order valence-corrected chi connectivity index (χ1v) is 11.3. The monoisotopic (exact) mass is 472 g/mol. The van der Waals surface area contributed by atoms with E-state index in [9.17, 15) is 0 Å². The van der Waals surface area contributed by atoms with Gasteiger partial charge in [0.2, 0.25) is 4.96 Å². The van der Waals surface area contributed by atoms with Gasteiger partial charge in [-0.25, -0.2) is 9.50 Å². The van der Waals surface area contributed by atoms with Crippen LogP contribution >= 0.6 is 36.2 Å². The van der Waals surface area contributed by atoms with Gasteiger partial charge in [-0.1, -0.05) is 44.9 Å². The number of fused-ring (bicyclic) bond motifs is 1. The lowest BCUT2D eigenvalue weighted by molar-refractivity contribution is 0.0202. The molecule has 0 bridgehead atoms. The number of nitrogens with zero attached hydrogens (tertiary/aromatic N) is 4. The number of halogens is 2. The summed E-state index contributed by atoms with van der Waals surface area (Å²) in [5, 5.41) is 5.47. The number of benzene rings is 1. The molecule has 0 saturated heterocycles. The summed E-state index contributed by atoms with van der Waals surface area (Å²) in [7, 11) is 0. The molecule has 2 aromatic heterocycles. The van der Waals surface area contributed by atoms with Crippen LogP contribution < -0.4 is 4.74 Å². The highest BCUT2D eigenvalue weighted by molar-refractivity contribution is 7.16.